The standard InChI is InChI=1S/C23H27N3O4S/c1-5-7-10-13-25(23-24-15(3)20(31-23)22(29)30-6-2)19(27)14-26-16(4)17-11-8-9-12-18(17)21(26)28/h8-9,11-12H,4-7,10,13-14H2,1-3H3. The number of aromatic nitrogens is 1. The third-order valence-corrected chi connectivity index (χ3v) is 6.26. The van der Waals surface area contributed by atoms with Crippen LogP contribution in [0.4, 0.5) is 5.13 Å². The van der Waals surface area contributed by atoms with Crippen LogP contribution in [-0.2, 0) is 9.53 Å². The lowest BCUT2D eigenvalue weighted by Gasteiger charge is -2.24. The summed E-state index contributed by atoms with van der Waals surface area (Å²) in [4.78, 5) is 46.1. The number of aryl methyl sites for hydroxylation is 1. The van der Waals surface area contributed by atoms with Crippen molar-refractivity contribution < 1.29 is 19.1 Å². The van der Waals surface area contributed by atoms with E-state index in [1.165, 1.54) is 4.90 Å². The Morgan fingerprint density at radius 3 is 2.55 bits per heavy atom. The highest BCUT2D eigenvalue weighted by Crippen LogP contribution is 2.32. The van der Waals surface area contributed by atoms with Crippen molar-refractivity contribution >= 4 is 39.9 Å². The number of hydrogen-bond donors (Lipinski definition) is 0. The van der Waals surface area contributed by atoms with Gasteiger partial charge in [0.1, 0.15) is 11.4 Å². The molecule has 0 aliphatic carbocycles. The van der Waals surface area contributed by atoms with Gasteiger partial charge in [-0.25, -0.2) is 9.78 Å². The van der Waals surface area contributed by atoms with E-state index in [-0.39, 0.29) is 25.0 Å². The van der Waals surface area contributed by atoms with Crippen molar-refractivity contribution in [3.05, 3.63) is 52.5 Å². The number of nitrogens with zero attached hydrogens (tertiary/aromatic N) is 3. The van der Waals surface area contributed by atoms with E-state index in [2.05, 4.69) is 18.5 Å². The Morgan fingerprint density at radius 1 is 1.19 bits per heavy atom. The van der Waals surface area contributed by atoms with Gasteiger partial charge in [-0.05, 0) is 26.3 Å². The molecule has 2 amide bonds. The summed E-state index contributed by atoms with van der Waals surface area (Å²) in [6.07, 6.45) is 2.76. The van der Waals surface area contributed by atoms with Crippen molar-refractivity contribution in [2.75, 3.05) is 24.6 Å². The lowest BCUT2D eigenvalue weighted by molar-refractivity contribution is -0.118. The van der Waals surface area contributed by atoms with E-state index in [9.17, 15) is 14.4 Å². The molecule has 1 aromatic carbocycles. The minimum atomic E-state index is -0.441. The second kappa shape index (κ2) is 9.87. The van der Waals surface area contributed by atoms with Crippen molar-refractivity contribution in [2.24, 2.45) is 0 Å². The zero-order valence-electron chi connectivity index (χ0n) is 18.1. The Hall–Kier alpha value is -3.00. The van der Waals surface area contributed by atoms with Gasteiger partial charge in [-0.2, -0.15) is 0 Å². The minimum Gasteiger partial charge on any atom is -0.462 e. The van der Waals surface area contributed by atoms with Gasteiger partial charge in [0, 0.05) is 23.4 Å². The monoisotopic (exact) mass is 441 g/mol. The largest absolute Gasteiger partial charge is 0.462 e. The van der Waals surface area contributed by atoms with Crippen LogP contribution in [0.15, 0.2) is 30.8 Å². The third-order valence-electron chi connectivity index (χ3n) is 5.10. The Balaban J connectivity index is 1.83. The fraction of sp³-hybridized carbons (Fsp3) is 0.391. The highest BCUT2D eigenvalue weighted by molar-refractivity contribution is 7.17. The molecule has 8 heteroatoms. The van der Waals surface area contributed by atoms with Gasteiger partial charge in [-0.15, -0.1) is 0 Å². The molecule has 7 nitrogen and oxygen atoms in total. The molecule has 0 bridgehead atoms. The van der Waals surface area contributed by atoms with Crippen LogP contribution in [0.3, 0.4) is 0 Å². The summed E-state index contributed by atoms with van der Waals surface area (Å²) in [5.74, 6) is -0.934. The van der Waals surface area contributed by atoms with E-state index in [0.717, 1.165) is 36.2 Å². The molecular weight excluding hydrogens is 414 g/mol. The normalized spacial score (nSPS) is 12.8. The van der Waals surface area contributed by atoms with Crippen LogP contribution in [0.2, 0.25) is 0 Å². The molecule has 0 unspecified atom stereocenters. The zero-order valence-corrected chi connectivity index (χ0v) is 19.0. The number of unbranched alkanes of at least 4 members (excludes halogenated alkanes) is 2. The number of benzene rings is 1. The average molecular weight is 442 g/mol. The number of thiazole rings is 1. The molecule has 1 aliphatic heterocycles. The fourth-order valence-electron chi connectivity index (χ4n) is 3.45. The lowest BCUT2D eigenvalue weighted by Crippen LogP contribution is -2.40. The maximum atomic E-state index is 13.3. The SMILES string of the molecule is C=C1c2ccccc2C(=O)N1CC(=O)N(CCCCC)c1nc(C)c(C(=O)OCC)s1. The summed E-state index contributed by atoms with van der Waals surface area (Å²) in [5, 5.41) is 0.441. The number of carbonyl (C=O) groups is 3. The average Bonchev–Trinajstić information content (AvgIpc) is 3.25. The molecule has 1 aliphatic rings. The quantitative estimate of drug-likeness (QED) is 0.429. The van der Waals surface area contributed by atoms with E-state index in [0.29, 0.717) is 33.5 Å². The van der Waals surface area contributed by atoms with E-state index >= 15 is 0 Å². The molecule has 0 fully saturated rings. The molecule has 0 radical (unpaired) electrons. The lowest BCUT2D eigenvalue weighted by atomic mass is 10.1. The van der Waals surface area contributed by atoms with Gasteiger partial charge < -0.3 is 4.74 Å². The number of carbonyl (C=O) groups excluding carboxylic acids is 3. The first kappa shape index (κ1) is 22.7. The number of anilines is 1. The van der Waals surface area contributed by atoms with Crippen LogP contribution in [0.25, 0.3) is 5.70 Å². The van der Waals surface area contributed by atoms with Crippen molar-refractivity contribution in [3.63, 3.8) is 0 Å². The summed E-state index contributed by atoms with van der Waals surface area (Å²) in [7, 11) is 0. The second-order valence-electron chi connectivity index (χ2n) is 7.27. The van der Waals surface area contributed by atoms with Crippen LogP contribution in [-0.4, -0.2) is 47.4 Å². The summed E-state index contributed by atoms with van der Waals surface area (Å²) >= 11 is 1.14. The zero-order chi connectivity index (χ0) is 22.5. The van der Waals surface area contributed by atoms with Gasteiger partial charge in [-0.1, -0.05) is 55.9 Å². The van der Waals surface area contributed by atoms with E-state index in [4.69, 9.17) is 4.74 Å². The predicted octanol–water partition coefficient (Wildman–Crippen LogP) is 4.28. The predicted molar refractivity (Wildman–Crippen MR) is 121 cm³/mol. The van der Waals surface area contributed by atoms with E-state index in [1.54, 1.807) is 30.9 Å². The molecule has 2 heterocycles. The topological polar surface area (TPSA) is 79.8 Å². The Bertz CT molecular complexity index is 979. The van der Waals surface area contributed by atoms with Crippen LogP contribution in [0.1, 0.15) is 64.4 Å². The molecule has 3 rings (SSSR count). The van der Waals surface area contributed by atoms with Gasteiger partial charge in [0.25, 0.3) is 5.91 Å². The van der Waals surface area contributed by atoms with Gasteiger partial charge in [-0.3, -0.25) is 19.4 Å². The number of fused-ring (bicyclic) bond motifs is 1. The summed E-state index contributed by atoms with van der Waals surface area (Å²) in [5.41, 5.74) is 2.34. The molecule has 0 saturated carbocycles. The first-order valence-corrected chi connectivity index (χ1v) is 11.3. The Labute approximate surface area is 186 Å². The highest BCUT2D eigenvalue weighted by atomic mass is 32.1. The molecule has 0 spiro atoms. The smallest absolute Gasteiger partial charge is 0.350 e. The summed E-state index contributed by atoms with van der Waals surface area (Å²) < 4.78 is 5.10. The molecule has 0 N–H and O–H groups in total. The maximum Gasteiger partial charge on any atom is 0.350 e. The van der Waals surface area contributed by atoms with Crippen molar-refractivity contribution in [1.82, 2.24) is 9.88 Å². The fourth-order valence-corrected chi connectivity index (χ4v) is 4.46. The van der Waals surface area contributed by atoms with Crippen LogP contribution >= 0.6 is 11.3 Å². The van der Waals surface area contributed by atoms with Crippen LogP contribution in [0.5, 0.6) is 0 Å². The van der Waals surface area contributed by atoms with Crippen molar-refractivity contribution in [1.29, 1.82) is 0 Å². The van der Waals surface area contributed by atoms with E-state index in [1.807, 2.05) is 12.1 Å². The first-order valence-electron chi connectivity index (χ1n) is 10.4. The van der Waals surface area contributed by atoms with Crippen LogP contribution < -0.4 is 4.90 Å². The number of rotatable bonds is 9. The van der Waals surface area contributed by atoms with Gasteiger partial charge in [0.2, 0.25) is 5.91 Å². The highest BCUT2D eigenvalue weighted by Gasteiger charge is 2.34. The Morgan fingerprint density at radius 2 is 1.90 bits per heavy atom. The molecule has 0 saturated heterocycles. The van der Waals surface area contributed by atoms with Gasteiger partial charge in [0.05, 0.1) is 12.3 Å². The molecule has 1 aromatic heterocycles. The molecule has 31 heavy (non-hydrogen) atoms. The second-order valence-corrected chi connectivity index (χ2v) is 8.25. The van der Waals surface area contributed by atoms with Gasteiger partial charge in [0.15, 0.2) is 5.13 Å². The Kier molecular flexibility index (Phi) is 7.22. The number of ether oxygens (including phenoxy) is 1. The van der Waals surface area contributed by atoms with Crippen molar-refractivity contribution in [3.8, 4) is 0 Å². The minimum absolute atomic E-state index is 0.133. The number of amides is 2. The first-order chi connectivity index (χ1) is 14.9. The molecule has 2 aromatic rings. The maximum absolute atomic E-state index is 13.3. The molecular formula is C23H27N3O4S. The third kappa shape index (κ3) is 4.69. The summed E-state index contributed by atoms with van der Waals surface area (Å²) in [6.45, 7) is 10.2. The van der Waals surface area contributed by atoms with E-state index < -0.39 is 5.97 Å². The van der Waals surface area contributed by atoms with Crippen LogP contribution in [0, 0.1) is 6.92 Å². The molecule has 164 valence electrons. The molecule has 0 atom stereocenters. The number of esters is 1. The van der Waals surface area contributed by atoms with Gasteiger partial charge >= 0.3 is 5.97 Å². The number of hydrogen-bond acceptors (Lipinski definition) is 6. The summed E-state index contributed by atoms with van der Waals surface area (Å²) in [6, 6.07) is 7.20. The van der Waals surface area contributed by atoms with Crippen molar-refractivity contribution in [2.45, 2.75) is 40.0 Å².